The molecule has 2 aromatic carbocycles. The fourth-order valence-electron chi connectivity index (χ4n) is 2.74. The summed E-state index contributed by atoms with van der Waals surface area (Å²) in [5.41, 5.74) is 1.26. The standard InChI is InChI=1S/C19H15Cl2FN4OS/c20-12-3-8-15(21)16(9-12)23-17(27)10-28-19-25-24-18(26(19)14-6-7-14)11-1-4-13(22)5-2-11/h1-5,8-9,14H,6-7,10H2,(H,23,27). The van der Waals surface area contributed by atoms with Crippen LogP contribution in [0, 0.1) is 5.82 Å². The minimum Gasteiger partial charge on any atom is -0.324 e. The highest BCUT2D eigenvalue weighted by Crippen LogP contribution is 2.41. The Hall–Kier alpha value is -2.09. The van der Waals surface area contributed by atoms with Crippen molar-refractivity contribution in [2.24, 2.45) is 0 Å². The van der Waals surface area contributed by atoms with Crippen LogP contribution in [0.1, 0.15) is 18.9 Å². The highest BCUT2D eigenvalue weighted by Gasteiger charge is 2.30. The van der Waals surface area contributed by atoms with Gasteiger partial charge in [-0.25, -0.2) is 4.39 Å². The third-order valence-corrected chi connectivity index (χ3v) is 5.72. The highest BCUT2D eigenvalue weighted by molar-refractivity contribution is 7.99. The molecule has 0 bridgehead atoms. The van der Waals surface area contributed by atoms with E-state index in [9.17, 15) is 9.18 Å². The van der Waals surface area contributed by atoms with Crippen molar-refractivity contribution < 1.29 is 9.18 Å². The number of nitrogens with one attached hydrogen (secondary N) is 1. The molecular formula is C19H15Cl2FN4OS. The van der Waals surface area contributed by atoms with E-state index in [1.807, 2.05) is 4.57 Å². The fraction of sp³-hybridized carbons (Fsp3) is 0.211. The summed E-state index contributed by atoms with van der Waals surface area (Å²) in [6, 6.07) is 11.4. The van der Waals surface area contributed by atoms with Gasteiger partial charge in [-0.05, 0) is 55.3 Å². The van der Waals surface area contributed by atoms with Gasteiger partial charge in [0.2, 0.25) is 5.91 Å². The topological polar surface area (TPSA) is 59.8 Å². The zero-order valence-corrected chi connectivity index (χ0v) is 16.9. The van der Waals surface area contributed by atoms with Crippen molar-refractivity contribution in [3.8, 4) is 11.4 Å². The number of benzene rings is 2. The van der Waals surface area contributed by atoms with Crippen LogP contribution in [0.15, 0.2) is 47.6 Å². The number of halogens is 3. The van der Waals surface area contributed by atoms with Crippen LogP contribution in [0.3, 0.4) is 0 Å². The van der Waals surface area contributed by atoms with Crippen molar-refractivity contribution in [3.63, 3.8) is 0 Å². The maximum Gasteiger partial charge on any atom is 0.234 e. The second-order valence-electron chi connectivity index (χ2n) is 6.38. The number of aromatic nitrogens is 3. The van der Waals surface area contributed by atoms with Gasteiger partial charge >= 0.3 is 0 Å². The highest BCUT2D eigenvalue weighted by atomic mass is 35.5. The first-order chi connectivity index (χ1) is 13.5. The molecular weight excluding hydrogens is 422 g/mol. The van der Waals surface area contributed by atoms with Crippen LogP contribution in [0.25, 0.3) is 11.4 Å². The van der Waals surface area contributed by atoms with Gasteiger partial charge in [0, 0.05) is 16.6 Å². The molecule has 0 unspecified atom stereocenters. The Morgan fingerprint density at radius 1 is 1.18 bits per heavy atom. The van der Waals surface area contributed by atoms with Gasteiger partial charge in [-0.3, -0.25) is 9.36 Å². The minimum atomic E-state index is -0.299. The van der Waals surface area contributed by atoms with E-state index in [1.165, 1.54) is 23.9 Å². The number of carbonyl (C=O) groups excluding carboxylic acids is 1. The predicted molar refractivity (Wildman–Crippen MR) is 110 cm³/mol. The molecule has 0 atom stereocenters. The number of carbonyl (C=O) groups is 1. The molecule has 1 aromatic heterocycles. The van der Waals surface area contributed by atoms with Crippen LogP contribution in [0.5, 0.6) is 0 Å². The summed E-state index contributed by atoms with van der Waals surface area (Å²) in [7, 11) is 0. The van der Waals surface area contributed by atoms with Crippen molar-refractivity contribution in [2.45, 2.75) is 24.0 Å². The summed E-state index contributed by atoms with van der Waals surface area (Å²) >= 11 is 13.3. The van der Waals surface area contributed by atoms with Crippen LogP contribution >= 0.6 is 35.0 Å². The zero-order valence-electron chi connectivity index (χ0n) is 14.5. The van der Waals surface area contributed by atoms with Crippen molar-refractivity contribution in [3.05, 3.63) is 58.3 Å². The second kappa shape index (κ2) is 8.11. The van der Waals surface area contributed by atoms with Crippen LogP contribution in [-0.4, -0.2) is 26.4 Å². The van der Waals surface area contributed by atoms with E-state index in [0.29, 0.717) is 32.8 Å². The molecule has 0 saturated heterocycles. The molecule has 1 heterocycles. The molecule has 1 N–H and O–H groups in total. The Labute approximate surface area is 175 Å². The van der Waals surface area contributed by atoms with Crippen LogP contribution in [-0.2, 0) is 4.79 Å². The summed E-state index contributed by atoms with van der Waals surface area (Å²) in [4.78, 5) is 12.3. The number of hydrogen-bond donors (Lipinski definition) is 1. The lowest BCUT2D eigenvalue weighted by atomic mass is 10.2. The Balaban J connectivity index is 1.48. The summed E-state index contributed by atoms with van der Waals surface area (Å²) in [6.45, 7) is 0. The number of anilines is 1. The number of amides is 1. The van der Waals surface area contributed by atoms with Gasteiger partial charge in [0.15, 0.2) is 11.0 Å². The van der Waals surface area contributed by atoms with E-state index in [0.717, 1.165) is 18.4 Å². The Bertz CT molecular complexity index is 1020. The van der Waals surface area contributed by atoms with Gasteiger partial charge in [0.05, 0.1) is 16.5 Å². The first-order valence-corrected chi connectivity index (χ1v) is 10.3. The summed E-state index contributed by atoms with van der Waals surface area (Å²) in [6.07, 6.45) is 2.06. The van der Waals surface area contributed by atoms with Crippen LogP contribution in [0.4, 0.5) is 10.1 Å². The molecule has 0 radical (unpaired) electrons. The molecule has 4 rings (SSSR count). The second-order valence-corrected chi connectivity index (χ2v) is 8.16. The van der Waals surface area contributed by atoms with E-state index in [1.54, 1.807) is 30.3 Å². The van der Waals surface area contributed by atoms with Gasteiger partial charge in [0.1, 0.15) is 5.82 Å². The normalized spacial score (nSPS) is 13.5. The smallest absolute Gasteiger partial charge is 0.234 e. The fourth-order valence-corrected chi connectivity index (χ4v) is 3.89. The number of hydrogen-bond acceptors (Lipinski definition) is 4. The van der Waals surface area contributed by atoms with E-state index in [2.05, 4.69) is 15.5 Å². The molecule has 1 aliphatic rings. The molecule has 144 valence electrons. The van der Waals surface area contributed by atoms with Gasteiger partial charge in [-0.15, -0.1) is 10.2 Å². The maximum atomic E-state index is 13.2. The molecule has 9 heteroatoms. The lowest BCUT2D eigenvalue weighted by Crippen LogP contribution is -2.15. The Morgan fingerprint density at radius 3 is 2.64 bits per heavy atom. The summed E-state index contributed by atoms with van der Waals surface area (Å²) in [5.74, 6) is 0.315. The third-order valence-electron chi connectivity index (χ3n) is 4.21. The molecule has 1 fully saturated rings. The lowest BCUT2D eigenvalue weighted by Gasteiger charge is -2.10. The molecule has 0 spiro atoms. The molecule has 1 amide bonds. The quantitative estimate of drug-likeness (QED) is 0.521. The Kier molecular flexibility index (Phi) is 5.57. The van der Waals surface area contributed by atoms with Crippen molar-refractivity contribution >= 4 is 46.6 Å². The van der Waals surface area contributed by atoms with Crippen molar-refractivity contribution in [2.75, 3.05) is 11.1 Å². The van der Waals surface area contributed by atoms with E-state index in [4.69, 9.17) is 23.2 Å². The molecule has 5 nitrogen and oxygen atoms in total. The maximum absolute atomic E-state index is 13.2. The minimum absolute atomic E-state index is 0.150. The third kappa shape index (κ3) is 4.32. The van der Waals surface area contributed by atoms with Gasteiger partial charge < -0.3 is 5.32 Å². The predicted octanol–water partition coefficient (Wildman–Crippen LogP) is 5.46. The van der Waals surface area contributed by atoms with Gasteiger partial charge in [-0.2, -0.15) is 0 Å². The molecule has 1 saturated carbocycles. The average Bonchev–Trinajstić information content (AvgIpc) is 3.43. The molecule has 28 heavy (non-hydrogen) atoms. The molecule has 0 aliphatic heterocycles. The largest absolute Gasteiger partial charge is 0.324 e. The van der Waals surface area contributed by atoms with Crippen molar-refractivity contribution in [1.82, 2.24) is 14.8 Å². The van der Waals surface area contributed by atoms with Gasteiger partial charge in [0.25, 0.3) is 0 Å². The van der Waals surface area contributed by atoms with E-state index >= 15 is 0 Å². The SMILES string of the molecule is O=C(CSc1nnc(-c2ccc(F)cc2)n1C1CC1)Nc1cc(Cl)ccc1Cl. The Morgan fingerprint density at radius 2 is 1.93 bits per heavy atom. The van der Waals surface area contributed by atoms with Crippen LogP contribution in [0.2, 0.25) is 10.0 Å². The number of nitrogens with zero attached hydrogens (tertiary/aromatic N) is 3. The lowest BCUT2D eigenvalue weighted by molar-refractivity contribution is -0.113. The number of rotatable bonds is 6. The van der Waals surface area contributed by atoms with Crippen LogP contribution < -0.4 is 5.32 Å². The molecule has 3 aromatic rings. The average molecular weight is 437 g/mol. The zero-order chi connectivity index (χ0) is 19.7. The number of thioether (sulfide) groups is 1. The van der Waals surface area contributed by atoms with E-state index < -0.39 is 0 Å². The van der Waals surface area contributed by atoms with Crippen molar-refractivity contribution in [1.29, 1.82) is 0 Å². The summed E-state index contributed by atoms with van der Waals surface area (Å²) in [5, 5.41) is 12.8. The van der Waals surface area contributed by atoms with Gasteiger partial charge in [-0.1, -0.05) is 35.0 Å². The summed E-state index contributed by atoms with van der Waals surface area (Å²) < 4.78 is 15.2. The molecule has 1 aliphatic carbocycles. The first-order valence-electron chi connectivity index (χ1n) is 8.60. The van der Waals surface area contributed by atoms with E-state index in [-0.39, 0.29) is 17.5 Å². The monoisotopic (exact) mass is 436 g/mol. The first kappa shape index (κ1) is 19.2.